The van der Waals surface area contributed by atoms with Crippen molar-refractivity contribution in [2.45, 2.75) is 6.92 Å². The molecule has 0 aliphatic heterocycles. The number of anilines is 1. The second kappa shape index (κ2) is 5.67. The van der Waals surface area contributed by atoms with Crippen LogP contribution in [-0.2, 0) is 0 Å². The van der Waals surface area contributed by atoms with E-state index in [2.05, 4.69) is 10.5 Å². The molecule has 0 saturated heterocycles. The number of hydrogen-bond acceptors (Lipinski definition) is 3. The molecule has 3 heteroatoms. The third-order valence-electron chi connectivity index (χ3n) is 3.42. The SMILES string of the molecule is C/C(=N\Nc1ccccc1)c1ccc2ccccc2c1O. The molecule has 3 aromatic carbocycles. The zero-order valence-electron chi connectivity index (χ0n) is 11.7. The van der Waals surface area contributed by atoms with Crippen LogP contribution in [0.3, 0.4) is 0 Å². The average molecular weight is 276 g/mol. The number of nitrogens with one attached hydrogen (secondary N) is 1. The van der Waals surface area contributed by atoms with Gasteiger partial charge in [0.1, 0.15) is 5.75 Å². The Balaban J connectivity index is 1.94. The fraction of sp³-hybridized carbons (Fsp3) is 0.0556. The lowest BCUT2D eigenvalue weighted by Gasteiger charge is -2.08. The van der Waals surface area contributed by atoms with Crippen LogP contribution in [0.1, 0.15) is 12.5 Å². The fourth-order valence-electron chi connectivity index (χ4n) is 2.27. The Morgan fingerprint density at radius 1 is 0.905 bits per heavy atom. The molecule has 0 aliphatic rings. The van der Waals surface area contributed by atoms with E-state index in [1.165, 1.54) is 0 Å². The first-order valence-corrected chi connectivity index (χ1v) is 6.82. The van der Waals surface area contributed by atoms with Crippen LogP contribution >= 0.6 is 0 Å². The molecule has 2 N–H and O–H groups in total. The maximum atomic E-state index is 10.4. The number of fused-ring (bicyclic) bond motifs is 1. The van der Waals surface area contributed by atoms with E-state index in [-0.39, 0.29) is 5.75 Å². The largest absolute Gasteiger partial charge is 0.507 e. The highest BCUT2D eigenvalue weighted by molar-refractivity contribution is 6.06. The van der Waals surface area contributed by atoms with Gasteiger partial charge in [-0.3, -0.25) is 5.43 Å². The van der Waals surface area contributed by atoms with E-state index in [0.717, 1.165) is 27.7 Å². The summed E-state index contributed by atoms with van der Waals surface area (Å²) in [6.45, 7) is 1.87. The molecule has 0 spiro atoms. The molecule has 0 aromatic heterocycles. The lowest BCUT2D eigenvalue weighted by atomic mass is 10.0. The summed E-state index contributed by atoms with van der Waals surface area (Å²) in [6.07, 6.45) is 0. The van der Waals surface area contributed by atoms with Gasteiger partial charge in [-0.2, -0.15) is 5.10 Å². The van der Waals surface area contributed by atoms with E-state index in [4.69, 9.17) is 0 Å². The van der Waals surface area contributed by atoms with Gasteiger partial charge < -0.3 is 5.11 Å². The van der Waals surface area contributed by atoms with E-state index < -0.39 is 0 Å². The number of nitrogens with zero attached hydrogens (tertiary/aromatic N) is 1. The van der Waals surface area contributed by atoms with E-state index in [0.29, 0.717) is 0 Å². The maximum absolute atomic E-state index is 10.4. The van der Waals surface area contributed by atoms with E-state index >= 15 is 0 Å². The highest BCUT2D eigenvalue weighted by Crippen LogP contribution is 2.29. The molecule has 0 aliphatic carbocycles. The predicted molar refractivity (Wildman–Crippen MR) is 87.9 cm³/mol. The summed E-state index contributed by atoms with van der Waals surface area (Å²) in [7, 11) is 0. The number of hydrogen-bond donors (Lipinski definition) is 2. The van der Waals surface area contributed by atoms with Gasteiger partial charge in [-0.15, -0.1) is 0 Å². The second-order valence-corrected chi connectivity index (χ2v) is 4.86. The molecular formula is C18H16N2O. The molecule has 0 atom stereocenters. The zero-order valence-corrected chi connectivity index (χ0v) is 11.7. The Hall–Kier alpha value is -2.81. The van der Waals surface area contributed by atoms with Gasteiger partial charge in [0.2, 0.25) is 0 Å². The van der Waals surface area contributed by atoms with Crippen LogP contribution in [0, 0.1) is 0 Å². The smallest absolute Gasteiger partial charge is 0.132 e. The van der Waals surface area contributed by atoms with Gasteiger partial charge in [-0.05, 0) is 30.5 Å². The van der Waals surface area contributed by atoms with Gasteiger partial charge in [0.05, 0.1) is 11.4 Å². The molecule has 104 valence electrons. The topological polar surface area (TPSA) is 44.6 Å². The van der Waals surface area contributed by atoms with Gasteiger partial charge in [0, 0.05) is 10.9 Å². The lowest BCUT2D eigenvalue weighted by Crippen LogP contribution is -2.00. The van der Waals surface area contributed by atoms with Crippen molar-refractivity contribution in [2.24, 2.45) is 5.10 Å². The van der Waals surface area contributed by atoms with Gasteiger partial charge >= 0.3 is 0 Å². The number of phenols is 1. The number of hydrazone groups is 1. The molecule has 3 aromatic rings. The van der Waals surface area contributed by atoms with Crippen molar-refractivity contribution >= 4 is 22.2 Å². The first-order valence-electron chi connectivity index (χ1n) is 6.82. The number of benzene rings is 3. The predicted octanol–water partition coefficient (Wildman–Crippen LogP) is 4.38. The molecule has 0 amide bonds. The molecule has 0 saturated carbocycles. The third kappa shape index (κ3) is 2.72. The maximum Gasteiger partial charge on any atom is 0.132 e. The average Bonchev–Trinajstić information content (AvgIpc) is 2.54. The molecular weight excluding hydrogens is 260 g/mol. The minimum atomic E-state index is 0.268. The summed E-state index contributed by atoms with van der Waals surface area (Å²) < 4.78 is 0. The van der Waals surface area contributed by atoms with Gasteiger partial charge in [0.15, 0.2) is 0 Å². The molecule has 0 bridgehead atoms. The van der Waals surface area contributed by atoms with Crippen LogP contribution in [-0.4, -0.2) is 10.8 Å². The minimum absolute atomic E-state index is 0.268. The van der Waals surface area contributed by atoms with Gasteiger partial charge in [-0.25, -0.2) is 0 Å². The Morgan fingerprint density at radius 2 is 1.62 bits per heavy atom. The van der Waals surface area contributed by atoms with Crippen molar-refractivity contribution in [1.82, 2.24) is 0 Å². The first kappa shape index (κ1) is 13.2. The molecule has 21 heavy (non-hydrogen) atoms. The molecule has 0 heterocycles. The summed E-state index contributed by atoms with van der Waals surface area (Å²) >= 11 is 0. The standard InChI is InChI=1S/C18H16N2O/c1-13(19-20-15-8-3-2-4-9-15)16-12-11-14-7-5-6-10-17(14)18(16)21/h2-12,20-21H,1H3/b19-13+. The molecule has 3 rings (SSSR count). The zero-order chi connectivity index (χ0) is 14.7. The normalized spacial score (nSPS) is 11.6. The summed E-state index contributed by atoms with van der Waals surface area (Å²) in [6, 6.07) is 21.4. The van der Waals surface area contributed by atoms with E-state index in [1.807, 2.05) is 73.7 Å². The highest BCUT2D eigenvalue weighted by atomic mass is 16.3. The number of para-hydroxylation sites is 1. The van der Waals surface area contributed by atoms with Crippen LogP contribution in [0.2, 0.25) is 0 Å². The van der Waals surface area contributed by atoms with Crippen molar-refractivity contribution in [1.29, 1.82) is 0 Å². The van der Waals surface area contributed by atoms with Crippen molar-refractivity contribution < 1.29 is 5.11 Å². The van der Waals surface area contributed by atoms with Crippen molar-refractivity contribution in [3.8, 4) is 5.75 Å². The van der Waals surface area contributed by atoms with Crippen molar-refractivity contribution in [3.63, 3.8) is 0 Å². The fourth-order valence-corrected chi connectivity index (χ4v) is 2.27. The van der Waals surface area contributed by atoms with Crippen molar-refractivity contribution in [2.75, 3.05) is 5.43 Å². The van der Waals surface area contributed by atoms with Crippen LogP contribution in [0.25, 0.3) is 10.8 Å². The Kier molecular flexibility index (Phi) is 3.56. The van der Waals surface area contributed by atoms with E-state index in [1.54, 1.807) is 0 Å². The monoisotopic (exact) mass is 276 g/mol. The minimum Gasteiger partial charge on any atom is -0.507 e. The third-order valence-corrected chi connectivity index (χ3v) is 3.42. The quantitative estimate of drug-likeness (QED) is 0.550. The van der Waals surface area contributed by atoms with Crippen LogP contribution in [0.15, 0.2) is 71.8 Å². The Bertz CT molecular complexity index is 795. The summed E-state index contributed by atoms with van der Waals surface area (Å²) in [5.41, 5.74) is 5.38. The lowest BCUT2D eigenvalue weighted by molar-refractivity contribution is 0.480. The Morgan fingerprint density at radius 3 is 2.43 bits per heavy atom. The number of phenolic OH excluding ortho intramolecular Hbond substituents is 1. The van der Waals surface area contributed by atoms with Crippen molar-refractivity contribution in [3.05, 3.63) is 72.3 Å². The van der Waals surface area contributed by atoms with Crippen LogP contribution < -0.4 is 5.43 Å². The summed E-state index contributed by atoms with van der Waals surface area (Å²) in [5.74, 6) is 0.268. The molecule has 0 fully saturated rings. The first-order chi connectivity index (χ1) is 10.3. The molecule has 0 radical (unpaired) electrons. The second-order valence-electron chi connectivity index (χ2n) is 4.86. The van der Waals surface area contributed by atoms with Crippen LogP contribution in [0.4, 0.5) is 5.69 Å². The molecule has 0 unspecified atom stereocenters. The Labute approximate surface area is 123 Å². The van der Waals surface area contributed by atoms with E-state index in [9.17, 15) is 5.11 Å². The molecule has 3 nitrogen and oxygen atoms in total. The summed E-state index contributed by atoms with van der Waals surface area (Å²) in [5, 5.41) is 16.6. The highest BCUT2D eigenvalue weighted by Gasteiger charge is 2.08. The summed E-state index contributed by atoms with van der Waals surface area (Å²) in [4.78, 5) is 0. The number of rotatable bonds is 3. The van der Waals surface area contributed by atoms with Gasteiger partial charge in [0.25, 0.3) is 0 Å². The van der Waals surface area contributed by atoms with Crippen LogP contribution in [0.5, 0.6) is 5.75 Å². The number of aromatic hydroxyl groups is 1. The van der Waals surface area contributed by atoms with Gasteiger partial charge in [-0.1, -0.05) is 48.5 Å².